The van der Waals surface area contributed by atoms with Crippen LogP contribution in [-0.4, -0.2) is 25.2 Å². The summed E-state index contributed by atoms with van der Waals surface area (Å²) < 4.78 is 10.6. The molecule has 0 unspecified atom stereocenters. The molecule has 2 aromatic rings. The van der Waals surface area contributed by atoms with Crippen molar-refractivity contribution in [1.82, 2.24) is 4.98 Å². The molecule has 0 radical (unpaired) electrons. The summed E-state index contributed by atoms with van der Waals surface area (Å²) in [5.41, 5.74) is 10.2. The van der Waals surface area contributed by atoms with Crippen molar-refractivity contribution in [3.8, 4) is 11.5 Å². The number of nitrogens with two attached hydrogens (primary N) is 1. The van der Waals surface area contributed by atoms with E-state index in [1.54, 1.807) is 14.2 Å². The standard InChI is InChI=1S/C19H24N4O2.HI/c1-24-15-9-10-18(25-2)17(11-15)23-19(20)21-12-14-8-7-13-5-3-4-6-16(13)22-14;/h7-11H,3-6,12H2,1-2H3,(H3,20,21,23);1H. The van der Waals surface area contributed by atoms with E-state index in [1.165, 1.54) is 24.1 Å². The first-order valence-corrected chi connectivity index (χ1v) is 8.46. The van der Waals surface area contributed by atoms with E-state index in [2.05, 4.69) is 16.4 Å². The summed E-state index contributed by atoms with van der Waals surface area (Å²) in [5, 5.41) is 3.06. The van der Waals surface area contributed by atoms with Crippen molar-refractivity contribution in [2.24, 2.45) is 10.7 Å². The molecule has 7 heteroatoms. The third-order valence-electron chi connectivity index (χ3n) is 4.32. The lowest BCUT2D eigenvalue weighted by Gasteiger charge is -2.15. The SMILES string of the molecule is COc1ccc(OC)c(NC(N)=NCc2ccc3c(n2)CCCC3)c1.I. The maximum Gasteiger partial charge on any atom is 0.193 e. The Morgan fingerprint density at radius 3 is 2.73 bits per heavy atom. The molecule has 0 spiro atoms. The Balaban J connectivity index is 0.00000243. The molecular formula is C19H25IN4O2. The fourth-order valence-corrected chi connectivity index (χ4v) is 2.97. The number of benzene rings is 1. The van der Waals surface area contributed by atoms with E-state index in [-0.39, 0.29) is 24.0 Å². The third-order valence-corrected chi connectivity index (χ3v) is 4.32. The Kier molecular flexibility index (Phi) is 7.50. The molecule has 1 aliphatic rings. The Morgan fingerprint density at radius 2 is 1.96 bits per heavy atom. The predicted octanol–water partition coefficient (Wildman–Crippen LogP) is 3.52. The van der Waals surface area contributed by atoms with Crippen molar-refractivity contribution >= 4 is 35.6 Å². The number of aryl methyl sites for hydroxylation is 2. The monoisotopic (exact) mass is 468 g/mol. The minimum absolute atomic E-state index is 0. The van der Waals surface area contributed by atoms with Crippen LogP contribution in [0.3, 0.4) is 0 Å². The van der Waals surface area contributed by atoms with Crippen LogP contribution < -0.4 is 20.5 Å². The lowest BCUT2D eigenvalue weighted by molar-refractivity contribution is 0.405. The number of fused-ring (bicyclic) bond motifs is 1. The molecule has 0 aliphatic heterocycles. The van der Waals surface area contributed by atoms with Crippen LogP contribution in [0.5, 0.6) is 11.5 Å². The molecule has 0 atom stereocenters. The van der Waals surface area contributed by atoms with Gasteiger partial charge >= 0.3 is 0 Å². The summed E-state index contributed by atoms with van der Waals surface area (Å²) in [4.78, 5) is 9.11. The van der Waals surface area contributed by atoms with Crippen molar-refractivity contribution in [2.75, 3.05) is 19.5 Å². The van der Waals surface area contributed by atoms with Gasteiger partial charge in [-0.3, -0.25) is 4.98 Å². The summed E-state index contributed by atoms with van der Waals surface area (Å²) in [6, 6.07) is 9.67. The summed E-state index contributed by atoms with van der Waals surface area (Å²) in [6.45, 7) is 0.443. The summed E-state index contributed by atoms with van der Waals surface area (Å²) >= 11 is 0. The van der Waals surface area contributed by atoms with Crippen LogP contribution in [0, 0.1) is 0 Å². The maximum absolute atomic E-state index is 6.02. The van der Waals surface area contributed by atoms with Gasteiger partial charge in [-0.15, -0.1) is 24.0 Å². The molecule has 0 bridgehead atoms. The molecule has 3 rings (SSSR count). The van der Waals surface area contributed by atoms with Gasteiger partial charge in [0.1, 0.15) is 11.5 Å². The smallest absolute Gasteiger partial charge is 0.193 e. The van der Waals surface area contributed by atoms with Gasteiger partial charge in [0.2, 0.25) is 0 Å². The van der Waals surface area contributed by atoms with E-state index < -0.39 is 0 Å². The number of aromatic nitrogens is 1. The molecule has 26 heavy (non-hydrogen) atoms. The van der Waals surface area contributed by atoms with Crippen LogP contribution in [0.15, 0.2) is 35.3 Å². The van der Waals surface area contributed by atoms with E-state index in [0.717, 1.165) is 18.5 Å². The molecule has 0 saturated carbocycles. The van der Waals surface area contributed by atoms with E-state index in [1.807, 2.05) is 24.3 Å². The molecule has 0 fully saturated rings. The van der Waals surface area contributed by atoms with Crippen LogP contribution in [0.2, 0.25) is 0 Å². The Hall–Kier alpha value is -2.03. The highest BCUT2D eigenvalue weighted by Gasteiger charge is 2.11. The van der Waals surface area contributed by atoms with E-state index >= 15 is 0 Å². The first-order valence-electron chi connectivity index (χ1n) is 8.46. The number of methoxy groups -OCH3 is 2. The van der Waals surface area contributed by atoms with Gasteiger partial charge in [0.15, 0.2) is 5.96 Å². The molecule has 1 heterocycles. The number of rotatable bonds is 5. The lowest BCUT2D eigenvalue weighted by Crippen LogP contribution is -2.23. The van der Waals surface area contributed by atoms with Gasteiger partial charge in [-0.05, 0) is 49.4 Å². The lowest BCUT2D eigenvalue weighted by atomic mass is 9.96. The zero-order valence-electron chi connectivity index (χ0n) is 15.1. The number of anilines is 1. The number of nitrogens with zero attached hydrogens (tertiary/aromatic N) is 2. The Labute approximate surface area is 171 Å². The fourth-order valence-electron chi connectivity index (χ4n) is 2.97. The first-order chi connectivity index (χ1) is 12.2. The molecule has 6 nitrogen and oxygen atoms in total. The summed E-state index contributed by atoms with van der Waals surface area (Å²) in [6.07, 6.45) is 4.66. The van der Waals surface area contributed by atoms with Crippen molar-refractivity contribution in [3.63, 3.8) is 0 Å². The van der Waals surface area contributed by atoms with Crippen LogP contribution >= 0.6 is 24.0 Å². The maximum atomic E-state index is 6.02. The molecule has 1 aromatic heterocycles. The summed E-state index contributed by atoms with van der Waals surface area (Å²) in [7, 11) is 3.22. The molecular weight excluding hydrogens is 443 g/mol. The van der Waals surface area contributed by atoms with Crippen molar-refractivity contribution < 1.29 is 9.47 Å². The number of guanidine groups is 1. The van der Waals surface area contributed by atoms with Gasteiger partial charge in [-0.2, -0.15) is 0 Å². The van der Waals surface area contributed by atoms with Gasteiger partial charge in [-0.1, -0.05) is 6.07 Å². The Bertz CT molecular complexity index is 780. The number of aliphatic imine (C=N–C) groups is 1. The van der Waals surface area contributed by atoms with Crippen LogP contribution in [0.4, 0.5) is 5.69 Å². The molecule has 1 aromatic carbocycles. The number of hydrogen-bond donors (Lipinski definition) is 2. The number of nitrogens with one attached hydrogen (secondary N) is 1. The first kappa shape index (κ1) is 20.3. The fraction of sp³-hybridized carbons (Fsp3) is 0.368. The zero-order valence-corrected chi connectivity index (χ0v) is 17.4. The molecule has 0 amide bonds. The Morgan fingerprint density at radius 1 is 1.15 bits per heavy atom. The van der Waals surface area contributed by atoms with E-state index in [4.69, 9.17) is 20.2 Å². The van der Waals surface area contributed by atoms with Crippen molar-refractivity contribution in [1.29, 1.82) is 0 Å². The minimum Gasteiger partial charge on any atom is -0.497 e. The second-order valence-electron chi connectivity index (χ2n) is 6.01. The van der Waals surface area contributed by atoms with Crippen LogP contribution in [0.1, 0.15) is 29.8 Å². The van der Waals surface area contributed by atoms with E-state index in [9.17, 15) is 0 Å². The molecule has 140 valence electrons. The van der Waals surface area contributed by atoms with Gasteiger partial charge in [-0.25, -0.2) is 4.99 Å². The number of pyridine rings is 1. The highest BCUT2D eigenvalue weighted by Crippen LogP contribution is 2.28. The second kappa shape index (κ2) is 9.61. The second-order valence-corrected chi connectivity index (χ2v) is 6.01. The molecule has 0 saturated heterocycles. The number of ether oxygens (including phenoxy) is 2. The van der Waals surface area contributed by atoms with Crippen LogP contribution in [0.25, 0.3) is 0 Å². The van der Waals surface area contributed by atoms with E-state index in [0.29, 0.717) is 29.7 Å². The largest absolute Gasteiger partial charge is 0.497 e. The third kappa shape index (κ3) is 5.00. The van der Waals surface area contributed by atoms with Crippen LogP contribution in [-0.2, 0) is 19.4 Å². The van der Waals surface area contributed by atoms with Crippen molar-refractivity contribution in [2.45, 2.75) is 32.2 Å². The number of halogens is 1. The minimum atomic E-state index is 0. The molecule has 3 N–H and O–H groups in total. The topological polar surface area (TPSA) is 81.8 Å². The van der Waals surface area contributed by atoms with Crippen molar-refractivity contribution in [3.05, 3.63) is 47.3 Å². The quantitative estimate of drug-likeness (QED) is 0.399. The van der Waals surface area contributed by atoms with Gasteiger partial charge in [0.25, 0.3) is 0 Å². The van der Waals surface area contributed by atoms with Gasteiger partial charge in [0.05, 0.1) is 32.1 Å². The van der Waals surface area contributed by atoms with Gasteiger partial charge < -0.3 is 20.5 Å². The average Bonchev–Trinajstić information content (AvgIpc) is 2.66. The normalized spacial score (nSPS) is 13.4. The number of hydrogen-bond acceptors (Lipinski definition) is 4. The highest BCUT2D eigenvalue weighted by atomic mass is 127. The van der Waals surface area contributed by atoms with Gasteiger partial charge in [0, 0.05) is 11.8 Å². The predicted molar refractivity (Wildman–Crippen MR) is 115 cm³/mol. The highest BCUT2D eigenvalue weighted by molar-refractivity contribution is 14.0. The molecule has 1 aliphatic carbocycles. The average molecular weight is 468 g/mol. The zero-order chi connectivity index (χ0) is 17.6. The summed E-state index contributed by atoms with van der Waals surface area (Å²) in [5.74, 6) is 1.70.